The Hall–Kier alpha value is -1.36. The zero-order valence-corrected chi connectivity index (χ0v) is 11.9. The van der Waals surface area contributed by atoms with Crippen molar-refractivity contribution >= 4 is 23.2 Å². The average Bonchev–Trinajstić information content (AvgIpc) is 3.07. The van der Waals surface area contributed by atoms with E-state index >= 15 is 0 Å². The number of rotatable bonds is 5. The van der Waals surface area contributed by atoms with Crippen molar-refractivity contribution in [1.29, 1.82) is 0 Å². The minimum atomic E-state index is -0.377. The summed E-state index contributed by atoms with van der Waals surface area (Å²) in [5.74, 6) is -0.203. The molecule has 5 heteroatoms. The molecule has 0 aliphatic carbocycles. The summed E-state index contributed by atoms with van der Waals surface area (Å²) >= 11 is 1.58. The molecule has 104 valence electrons. The predicted octanol–water partition coefficient (Wildman–Crippen LogP) is 2.58. The number of carbonyl (C=O) groups is 2. The highest BCUT2D eigenvalue weighted by molar-refractivity contribution is 7.07. The third kappa shape index (κ3) is 3.56. The standard InChI is InChI=1S/C14H19NO3S/c1-2-4-13(16)15-7-3-5-12(15)14(17)18-9-11-6-8-19-10-11/h6,8,10,12H,2-5,7,9H2,1H3/t12-/m1/s1. The van der Waals surface area contributed by atoms with Gasteiger partial charge in [0.05, 0.1) is 0 Å². The van der Waals surface area contributed by atoms with Crippen LogP contribution in [0, 0.1) is 0 Å². The van der Waals surface area contributed by atoms with Crippen molar-refractivity contribution in [3.8, 4) is 0 Å². The van der Waals surface area contributed by atoms with E-state index in [0.717, 1.165) is 24.8 Å². The fourth-order valence-corrected chi connectivity index (χ4v) is 2.95. The van der Waals surface area contributed by atoms with Crippen molar-refractivity contribution in [2.75, 3.05) is 6.54 Å². The lowest BCUT2D eigenvalue weighted by atomic mass is 10.2. The molecule has 1 aromatic rings. The van der Waals surface area contributed by atoms with E-state index < -0.39 is 0 Å². The van der Waals surface area contributed by atoms with Crippen molar-refractivity contribution in [3.05, 3.63) is 22.4 Å². The van der Waals surface area contributed by atoms with E-state index in [1.807, 2.05) is 23.8 Å². The van der Waals surface area contributed by atoms with Gasteiger partial charge < -0.3 is 9.64 Å². The second-order valence-corrected chi connectivity index (χ2v) is 5.51. The first-order valence-electron chi connectivity index (χ1n) is 6.69. The van der Waals surface area contributed by atoms with Crippen LogP contribution in [0.5, 0.6) is 0 Å². The number of nitrogens with zero attached hydrogens (tertiary/aromatic N) is 1. The molecule has 1 aromatic heterocycles. The van der Waals surface area contributed by atoms with Crippen LogP contribution < -0.4 is 0 Å². The zero-order valence-electron chi connectivity index (χ0n) is 11.1. The molecule has 1 aliphatic rings. The molecule has 0 unspecified atom stereocenters. The Morgan fingerprint density at radius 2 is 2.37 bits per heavy atom. The van der Waals surface area contributed by atoms with Gasteiger partial charge in [-0.05, 0) is 36.1 Å². The summed E-state index contributed by atoms with van der Waals surface area (Å²) in [4.78, 5) is 25.6. The van der Waals surface area contributed by atoms with Crippen LogP contribution >= 0.6 is 11.3 Å². The molecule has 0 bridgehead atoms. The van der Waals surface area contributed by atoms with Crippen molar-refractivity contribution in [2.45, 2.75) is 45.3 Å². The number of ether oxygens (including phenoxy) is 1. The maximum atomic E-state index is 12.0. The van der Waals surface area contributed by atoms with Crippen LogP contribution in [0.1, 0.15) is 38.2 Å². The van der Waals surface area contributed by atoms with Crippen molar-refractivity contribution in [3.63, 3.8) is 0 Å². The molecule has 1 amide bonds. The summed E-state index contributed by atoms with van der Waals surface area (Å²) in [6.07, 6.45) is 2.92. The SMILES string of the molecule is CCCC(=O)N1CCC[C@@H]1C(=O)OCc1ccsc1. The summed E-state index contributed by atoms with van der Waals surface area (Å²) in [6, 6.07) is 1.56. The molecule has 1 saturated heterocycles. The third-order valence-corrected chi connectivity index (χ3v) is 4.00. The van der Waals surface area contributed by atoms with Gasteiger partial charge in [0, 0.05) is 18.5 Å². The Labute approximate surface area is 117 Å². The van der Waals surface area contributed by atoms with Crippen LogP contribution in [0.4, 0.5) is 0 Å². The second-order valence-electron chi connectivity index (χ2n) is 4.73. The summed E-state index contributed by atoms with van der Waals surface area (Å²) in [5.41, 5.74) is 1.00. The van der Waals surface area contributed by atoms with Gasteiger partial charge in [-0.15, -0.1) is 0 Å². The lowest BCUT2D eigenvalue weighted by molar-refractivity contribution is -0.154. The highest BCUT2D eigenvalue weighted by Gasteiger charge is 2.34. The van der Waals surface area contributed by atoms with Crippen LogP contribution in [-0.4, -0.2) is 29.4 Å². The first kappa shape index (κ1) is 14.1. The van der Waals surface area contributed by atoms with E-state index in [-0.39, 0.29) is 17.9 Å². The van der Waals surface area contributed by atoms with E-state index in [2.05, 4.69) is 0 Å². The summed E-state index contributed by atoms with van der Waals surface area (Å²) < 4.78 is 5.30. The second kappa shape index (κ2) is 6.70. The highest BCUT2D eigenvalue weighted by Crippen LogP contribution is 2.20. The Morgan fingerprint density at radius 3 is 3.05 bits per heavy atom. The summed E-state index contributed by atoms with van der Waals surface area (Å²) in [7, 11) is 0. The molecular formula is C14H19NO3S. The van der Waals surface area contributed by atoms with Crippen LogP contribution in [0.3, 0.4) is 0 Å². The molecule has 2 heterocycles. The van der Waals surface area contributed by atoms with Crippen molar-refractivity contribution in [1.82, 2.24) is 4.90 Å². The van der Waals surface area contributed by atoms with Crippen LogP contribution in [0.15, 0.2) is 16.8 Å². The van der Waals surface area contributed by atoms with Crippen LogP contribution in [-0.2, 0) is 20.9 Å². The number of esters is 1. The third-order valence-electron chi connectivity index (χ3n) is 3.27. The number of likely N-dealkylation sites (tertiary alicyclic amines) is 1. The number of thiophene rings is 1. The molecule has 0 saturated carbocycles. The smallest absolute Gasteiger partial charge is 0.329 e. The Kier molecular flexibility index (Phi) is 4.96. The Balaban J connectivity index is 1.88. The molecule has 19 heavy (non-hydrogen) atoms. The topological polar surface area (TPSA) is 46.6 Å². The van der Waals surface area contributed by atoms with Crippen molar-refractivity contribution in [2.24, 2.45) is 0 Å². The first-order valence-corrected chi connectivity index (χ1v) is 7.64. The molecule has 0 aromatic carbocycles. The Morgan fingerprint density at radius 1 is 1.53 bits per heavy atom. The van der Waals surface area contributed by atoms with Crippen LogP contribution in [0.25, 0.3) is 0 Å². The van der Waals surface area contributed by atoms with Gasteiger partial charge in [-0.1, -0.05) is 6.92 Å². The molecule has 0 spiro atoms. The van der Waals surface area contributed by atoms with E-state index in [9.17, 15) is 9.59 Å². The molecule has 0 N–H and O–H groups in total. The highest BCUT2D eigenvalue weighted by atomic mass is 32.1. The van der Waals surface area contributed by atoms with Crippen molar-refractivity contribution < 1.29 is 14.3 Å². The lowest BCUT2D eigenvalue weighted by Crippen LogP contribution is -2.41. The number of carbonyl (C=O) groups excluding carboxylic acids is 2. The lowest BCUT2D eigenvalue weighted by Gasteiger charge is -2.23. The average molecular weight is 281 g/mol. The van der Waals surface area contributed by atoms with Gasteiger partial charge >= 0.3 is 5.97 Å². The van der Waals surface area contributed by atoms with Gasteiger partial charge in [-0.2, -0.15) is 11.3 Å². The summed E-state index contributed by atoms with van der Waals surface area (Å²) in [6.45, 7) is 2.95. The van der Waals surface area contributed by atoms with Gasteiger partial charge in [0.15, 0.2) is 0 Å². The maximum absolute atomic E-state index is 12.0. The normalized spacial score (nSPS) is 18.6. The molecule has 1 aliphatic heterocycles. The number of amides is 1. The molecule has 0 radical (unpaired) electrons. The minimum absolute atomic E-state index is 0.0671. The molecule has 4 nitrogen and oxygen atoms in total. The van der Waals surface area contributed by atoms with E-state index in [1.54, 1.807) is 16.2 Å². The number of hydrogen-bond donors (Lipinski definition) is 0. The quantitative estimate of drug-likeness (QED) is 0.779. The summed E-state index contributed by atoms with van der Waals surface area (Å²) in [5, 5.41) is 3.91. The molecule has 2 rings (SSSR count). The van der Waals surface area contributed by atoms with E-state index in [4.69, 9.17) is 4.74 Å². The maximum Gasteiger partial charge on any atom is 0.329 e. The zero-order chi connectivity index (χ0) is 13.7. The molecule has 1 fully saturated rings. The Bertz CT molecular complexity index is 430. The van der Waals surface area contributed by atoms with E-state index in [1.165, 1.54) is 0 Å². The molecular weight excluding hydrogens is 262 g/mol. The number of hydrogen-bond acceptors (Lipinski definition) is 4. The van der Waals surface area contributed by atoms with Gasteiger partial charge in [-0.3, -0.25) is 4.79 Å². The van der Waals surface area contributed by atoms with Gasteiger partial charge in [-0.25, -0.2) is 4.79 Å². The van der Waals surface area contributed by atoms with Gasteiger partial charge in [0.25, 0.3) is 0 Å². The predicted molar refractivity (Wildman–Crippen MR) is 73.8 cm³/mol. The van der Waals surface area contributed by atoms with Crippen LogP contribution in [0.2, 0.25) is 0 Å². The fraction of sp³-hybridized carbons (Fsp3) is 0.571. The largest absolute Gasteiger partial charge is 0.459 e. The minimum Gasteiger partial charge on any atom is -0.459 e. The fourth-order valence-electron chi connectivity index (χ4n) is 2.29. The monoisotopic (exact) mass is 281 g/mol. The molecule has 1 atom stereocenters. The van der Waals surface area contributed by atoms with E-state index in [0.29, 0.717) is 19.6 Å². The first-order chi connectivity index (χ1) is 9.22. The van der Waals surface area contributed by atoms with Gasteiger partial charge in [0.1, 0.15) is 12.6 Å². The van der Waals surface area contributed by atoms with Gasteiger partial charge in [0.2, 0.25) is 5.91 Å².